The summed E-state index contributed by atoms with van der Waals surface area (Å²) in [6.45, 7) is 4.11. The van der Waals surface area contributed by atoms with Crippen LogP contribution in [-0.4, -0.2) is 49.1 Å². The third-order valence-electron chi connectivity index (χ3n) is 6.72. The highest BCUT2D eigenvalue weighted by Crippen LogP contribution is 2.34. The number of aromatic nitrogens is 6. The Balaban J connectivity index is 1.37. The molecular weight excluding hydrogens is 452 g/mol. The fourth-order valence-electron chi connectivity index (χ4n) is 4.93. The predicted octanol–water partition coefficient (Wildman–Crippen LogP) is 5.29. The maximum Gasteiger partial charge on any atom is 0.224 e. The highest BCUT2D eigenvalue weighted by Gasteiger charge is 2.18. The van der Waals surface area contributed by atoms with Crippen LogP contribution in [0.5, 0.6) is 0 Å². The van der Waals surface area contributed by atoms with Crippen LogP contribution in [-0.2, 0) is 4.79 Å². The van der Waals surface area contributed by atoms with Gasteiger partial charge < -0.3 is 15.2 Å². The molecule has 0 unspecified atom stereocenters. The summed E-state index contributed by atoms with van der Waals surface area (Å²) in [6.07, 6.45) is 14.0. The Labute approximate surface area is 208 Å². The first-order chi connectivity index (χ1) is 17.7. The lowest BCUT2D eigenvalue weighted by atomic mass is 10.1. The van der Waals surface area contributed by atoms with Crippen molar-refractivity contribution in [1.29, 1.82) is 0 Å². The Morgan fingerprint density at radius 1 is 0.972 bits per heavy atom. The van der Waals surface area contributed by atoms with Crippen LogP contribution in [0.25, 0.3) is 44.5 Å². The summed E-state index contributed by atoms with van der Waals surface area (Å²) >= 11 is 0. The molecule has 0 aliphatic carbocycles. The molecule has 9 nitrogen and oxygen atoms in total. The number of carbonyl (C=O) groups is 1. The van der Waals surface area contributed by atoms with Crippen LogP contribution in [0.1, 0.15) is 39.0 Å². The molecule has 36 heavy (non-hydrogen) atoms. The lowest BCUT2D eigenvalue weighted by molar-refractivity contribution is -0.116. The van der Waals surface area contributed by atoms with Crippen molar-refractivity contribution in [2.45, 2.75) is 39.0 Å². The van der Waals surface area contributed by atoms with Gasteiger partial charge in [-0.3, -0.25) is 24.8 Å². The lowest BCUT2D eigenvalue weighted by Crippen LogP contribution is -2.29. The molecule has 5 aromatic heterocycles. The SMILES string of the molecule is CCCC(=O)Nc1cncc(-c2cc3c(-c4cc5c(N6CCCCC6)cncc5[nH]4)n[nH]c3cn2)c1. The predicted molar refractivity (Wildman–Crippen MR) is 142 cm³/mol. The number of anilines is 2. The molecule has 6 heterocycles. The first-order valence-corrected chi connectivity index (χ1v) is 12.5. The van der Waals surface area contributed by atoms with E-state index >= 15 is 0 Å². The van der Waals surface area contributed by atoms with Gasteiger partial charge in [0.1, 0.15) is 5.69 Å². The molecule has 182 valence electrons. The maximum atomic E-state index is 12.0. The molecule has 5 aromatic rings. The summed E-state index contributed by atoms with van der Waals surface area (Å²) in [5, 5.41) is 12.7. The summed E-state index contributed by atoms with van der Waals surface area (Å²) in [4.78, 5) is 31.4. The molecule has 0 radical (unpaired) electrons. The third kappa shape index (κ3) is 4.17. The molecule has 0 saturated carbocycles. The van der Waals surface area contributed by atoms with Crippen LogP contribution in [0, 0.1) is 0 Å². The monoisotopic (exact) mass is 480 g/mol. The summed E-state index contributed by atoms with van der Waals surface area (Å²) in [7, 11) is 0. The molecule has 0 spiro atoms. The maximum absolute atomic E-state index is 12.0. The van der Waals surface area contributed by atoms with Crippen LogP contribution in [0.4, 0.5) is 11.4 Å². The average molecular weight is 481 g/mol. The number of fused-ring (bicyclic) bond motifs is 2. The molecule has 1 fully saturated rings. The number of pyridine rings is 3. The fourth-order valence-corrected chi connectivity index (χ4v) is 4.93. The summed E-state index contributed by atoms with van der Waals surface area (Å²) < 4.78 is 0. The van der Waals surface area contributed by atoms with Gasteiger partial charge in [0, 0.05) is 42.0 Å². The second-order valence-corrected chi connectivity index (χ2v) is 9.30. The number of hydrogen-bond donors (Lipinski definition) is 3. The van der Waals surface area contributed by atoms with Gasteiger partial charge in [0.25, 0.3) is 0 Å². The van der Waals surface area contributed by atoms with Crippen molar-refractivity contribution in [3.8, 4) is 22.6 Å². The zero-order valence-corrected chi connectivity index (χ0v) is 20.2. The molecule has 9 heteroatoms. The molecule has 1 aliphatic heterocycles. The van der Waals surface area contributed by atoms with Crippen molar-refractivity contribution in [1.82, 2.24) is 30.1 Å². The minimum atomic E-state index is -0.0193. The van der Waals surface area contributed by atoms with E-state index in [4.69, 9.17) is 0 Å². The molecule has 1 aliphatic rings. The van der Waals surface area contributed by atoms with Gasteiger partial charge in [-0.1, -0.05) is 6.92 Å². The largest absolute Gasteiger partial charge is 0.370 e. The number of piperidine rings is 1. The van der Waals surface area contributed by atoms with Gasteiger partial charge in [0.05, 0.1) is 58.6 Å². The van der Waals surface area contributed by atoms with Crippen molar-refractivity contribution in [2.24, 2.45) is 0 Å². The number of H-pyrrole nitrogens is 2. The first kappa shape index (κ1) is 22.2. The number of rotatable bonds is 6. The average Bonchev–Trinajstić information content (AvgIpc) is 3.53. The number of nitrogens with zero attached hydrogens (tertiary/aromatic N) is 5. The third-order valence-corrected chi connectivity index (χ3v) is 6.72. The molecule has 0 bridgehead atoms. The van der Waals surface area contributed by atoms with Gasteiger partial charge in [-0.05, 0) is 43.9 Å². The Kier molecular flexibility index (Phi) is 5.80. The van der Waals surface area contributed by atoms with E-state index in [2.05, 4.69) is 46.4 Å². The van der Waals surface area contributed by atoms with E-state index in [1.54, 1.807) is 18.6 Å². The van der Waals surface area contributed by atoms with Crippen LogP contribution in [0.15, 0.2) is 49.2 Å². The van der Waals surface area contributed by atoms with Gasteiger partial charge in [-0.2, -0.15) is 5.10 Å². The Morgan fingerprint density at radius 3 is 2.69 bits per heavy atom. The number of amides is 1. The van der Waals surface area contributed by atoms with Crippen molar-refractivity contribution < 1.29 is 4.79 Å². The van der Waals surface area contributed by atoms with Crippen LogP contribution >= 0.6 is 0 Å². The molecule has 1 amide bonds. The van der Waals surface area contributed by atoms with Gasteiger partial charge in [0.2, 0.25) is 5.91 Å². The summed E-state index contributed by atoms with van der Waals surface area (Å²) in [5.41, 5.74) is 7.02. The highest BCUT2D eigenvalue weighted by molar-refractivity contribution is 6.00. The molecule has 3 N–H and O–H groups in total. The second kappa shape index (κ2) is 9.41. The molecule has 1 saturated heterocycles. The van der Waals surface area contributed by atoms with Crippen molar-refractivity contribution in [3.05, 3.63) is 49.2 Å². The van der Waals surface area contributed by atoms with Gasteiger partial charge in [0.15, 0.2) is 0 Å². The zero-order valence-electron chi connectivity index (χ0n) is 20.2. The molecule has 0 atom stereocenters. The standard InChI is InChI=1S/C27H28N8O/c1-2-6-26(36)31-18-9-17(12-28-13-18)21-11-20-24(15-30-21)33-34-27(20)22-10-19-23(32-22)14-29-16-25(19)35-7-4-3-5-8-35/h9-16,32H,2-8H2,1H3,(H,31,36)(H,33,34). The minimum absolute atomic E-state index is 0.0193. The molecular formula is C27H28N8O. The highest BCUT2D eigenvalue weighted by atomic mass is 16.1. The smallest absolute Gasteiger partial charge is 0.224 e. The Bertz CT molecular complexity index is 1550. The van der Waals surface area contributed by atoms with Crippen LogP contribution in [0.3, 0.4) is 0 Å². The number of carbonyl (C=O) groups excluding carboxylic acids is 1. The van der Waals surface area contributed by atoms with Crippen LogP contribution in [0.2, 0.25) is 0 Å². The first-order valence-electron chi connectivity index (χ1n) is 12.5. The van der Waals surface area contributed by atoms with E-state index in [1.165, 1.54) is 24.9 Å². The minimum Gasteiger partial charge on any atom is -0.370 e. The van der Waals surface area contributed by atoms with Crippen LogP contribution < -0.4 is 10.2 Å². The van der Waals surface area contributed by atoms with Crippen molar-refractivity contribution in [3.63, 3.8) is 0 Å². The summed E-state index contributed by atoms with van der Waals surface area (Å²) in [6, 6.07) is 6.08. The molecule has 6 rings (SSSR count). The zero-order chi connectivity index (χ0) is 24.5. The Morgan fingerprint density at radius 2 is 1.83 bits per heavy atom. The van der Waals surface area contributed by atoms with Crippen molar-refractivity contribution in [2.75, 3.05) is 23.3 Å². The van der Waals surface area contributed by atoms with Gasteiger partial charge in [-0.25, -0.2) is 0 Å². The normalized spacial score (nSPS) is 14.0. The lowest BCUT2D eigenvalue weighted by Gasteiger charge is -2.28. The van der Waals surface area contributed by atoms with E-state index in [0.717, 1.165) is 64.0 Å². The number of aromatic amines is 2. The Hall–Kier alpha value is -4.27. The topological polar surface area (TPSA) is 115 Å². The van der Waals surface area contributed by atoms with Gasteiger partial charge in [-0.15, -0.1) is 0 Å². The summed E-state index contributed by atoms with van der Waals surface area (Å²) in [5.74, 6) is -0.0193. The van der Waals surface area contributed by atoms with E-state index in [-0.39, 0.29) is 5.91 Å². The van der Waals surface area contributed by atoms with E-state index in [0.29, 0.717) is 12.1 Å². The molecule has 0 aromatic carbocycles. The van der Waals surface area contributed by atoms with Gasteiger partial charge >= 0.3 is 0 Å². The second-order valence-electron chi connectivity index (χ2n) is 9.30. The van der Waals surface area contributed by atoms with Crippen molar-refractivity contribution >= 4 is 39.1 Å². The van der Waals surface area contributed by atoms with E-state index in [9.17, 15) is 4.79 Å². The number of hydrogen-bond acceptors (Lipinski definition) is 6. The van der Waals surface area contributed by atoms with E-state index in [1.807, 2.05) is 31.5 Å². The quantitative estimate of drug-likeness (QED) is 0.304. The fraction of sp³-hybridized carbons (Fsp3) is 0.296. The number of nitrogens with one attached hydrogen (secondary N) is 3. The van der Waals surface area contributed by atoms with E-state index < -0.39 is 0 Å².